The number of carbonyl (C=O) groups excluding carboxylic acids is 1. The number of rotatable bonds is 4. The van der Waals surface area contributed by atoms with Crippen molar-refractivity contribution >= 4 is 11.6 Å². The van der Waals surface area contributed by atoms with E-state index in [9.17, 15) is 31.1 Å². The standard InChI is InChI=1S/C22H15F6NO/c23-21(24,25)17-11-16(12-18(13-17)22(26,27)28)20(30)29-19-9-5-4-8-15(19)10-14-6-2-1-3-7-14/h1-9,11-13H,10H2,(H,29,30). The molecule has 0 fully saturated rings. The van der Waals surface area contributed by atoms with Crippen LogP contribution in [0.4, 0.5) is 32.0 Å². The minimum absolute atomic E-state index is 0.0138. The van der Waals surface area contributed by atoms with Crippen molar-refractivity contribution in [2.24, 2.45) is 0 Å². The van der Waals surface area contributed by atoms with Crippen LogP contribution >= 0.6 is 0 Å². The molecule has 3 aromatic carbocycles. The van der Waals surface area contributed by atoms with E-state index in [1.54, 1.807) is 18.2 Å². The van der Waals surface area contributed by atoms with Crippen molar-refractivity contribution in [3.63, 3.8) is 0 Å². The van der Waals surface area contributed by atoms with Crippen LogP contribution in [0.2, 0.25) is 0 Å². The molecule has 0 aliphatic rings. The number of benzene rings is 3. The number of para-hydroxylation sites is 1. The fourth-order valence-corrected chi connectivity index (χ4v) is 2.89. The molecule has 0 unspecified atom stereocenters. The predicted molar refractivity (Wildman–Crippen MR) is 100 cm³/mol. The zero-order valence-corrected chi connectivity index (χ0v) is 15.3. The lowest BCUT2D eigenvalue weighted by atomic mass is 10.0. The maximum Gasteiger partial charge on any atom is 0.416 e. The molecule has 3 aromatic rings. The molecule has 3 rings (SSSR count). The summed E-state index contributed by atoms with van der Waals surface area (Å²) in [6.45, 7) is 0. The van der Waals surface area contributed by atoms with E-state index in [2.05, 4.69) is 5.32 Å². The number of alkyl halides is 6. The highest BCUT2D eigenvalue weighted by Gasteiger charge is 2.37. The second kappa shape index (κ2) is 8.22. The van der Waals surface area contributed by atoms with Gasteiger partial charge in [-0.05, 0) is 41.8 Å². The van der Waals surface area contributed by atoms with Crippen molar-refractivity contribution < 1.29 is 31.1 Å². The van der Waals surface area contributed by atoms with Crippen molar-refractivity contribution in [1.82, 2.24) is 0 Å². The van der Waals surface area contributed by atoms with Gasteiger partial charge in [0.05, 0.1) is 11.1 Å². The van der Waals surface area contributed by atoms with Crippen LogP contribution < -0.4 is 5.32 Å². The number of amides is 1. The van der Waals surface area contributed by atoms with Gasteiger partial charge < -0.3 is 5.32 Å². The normalized spacial score (nSPS) is 11.9. The van der Waals surface area contributed by atoms with Crippen molar-refractivity contribution in [2.75, 3.05) is 5.32 Å². The Labute approximate surface area is 168 Å². The average molecular weight is 423 g/mol. The van der Waals surface area contributed by atoms with Gasteiger partial charge >= 0.3 is 12.4 Å². The van der Waals surface area contributed by atoms with Crippen LogP contribution in [-0.2, 0) is 18.8 Å². The third-order valence-electron chi connectivity index (χ3n) is 4.35. The fraction of sp³-hybridized carbons (Fsp3) is 0.136. The van der Waals surface area contributed by atoms with Crippen LogP contribution in [-0.4, -0.2) is 5.91 Å². The molecule has 0 atom stereocenters. The number of carbonyl (C=O) groups is 1. The van der Waals surface area contributed by atoms with Gasteiger partial charge in [-0.2, -0.15) is 26.3 Å². The van der Waals surface area contributed by atoms with E-state index >= 15 is 0 Å². The van der Waals surface area contributed by atoms with Crippen LogP contribution in [0.25, 0.3) is 0 Å². The molecular weight excluding hydrogens is 408 g/mol. The van der Waals surface area contributed by atoms with Gasteiger partial charge in [-0.3, -0.25) is 4.79 Å². The third kappa shape index (κ3) is 5.20. The van der Waals surface area contributed by atoms with Crippen LogP contribution in [0.5, 0.6) is 0 Å². The van der Waals surface area contributed by atoms with Gasteiger partial charge in [0.25, 0.3) is 5.91 Å². The number of anilines is 1. The summed E-state index contributed by atoms with van der Waals surface area (Å²) >= 11 is 0. The molecule has 1 amide bonds. The van der Waals surface area contributed by atoms with E-state index < -0.39 is 35.0 Å². The van der Waals surface area contributed by atoms with Crippen molar-refractivity contribution in [3.8, 4) is 0 Å². The fourth-order valence-electron chi connectivity index (χ4n) is 2.89. The topological polar surface area (TPSA) is 29.1 Å². The highest BCUT2D eigenvalue weighted by Crippen LogP contribution is 2.36. The van der Waals surface area contributed by atoms with Gasteiger partial charge in [0, 0.05) is 11.3 Å². The maximum atomic E-state index is 13.0. The van der Waals surface area contributed by atoms with E-state index in [-0.39, 0.29) is 6.07 Å². The summed E-state index contributed by atoms with van der Waals surface area (Å²) in [6, 6.07) is 16.6. The van der Waals surface area contributed by atoms with Gasteiger partial charge in [0.15, 0.2) is 0 Å². The largest absolute Gasteiger partial charge is 0.416 e. The van der Waals surface area contributed by atoms with E-state index in [0.29, 0.717) is 29.8 Å². The lowest BCUT2D eigenvalue weighted by Crippen LogP contribution is -2.18. The molecule has 0 heterocycles. The molecule has 0 saturated carbocycles. The summed E-state index contributed by atoms with van der Waals surface area (Å²) in [5, 5.41) is 2.43. The van der Waals surface area contributed by atoms with Crippen LogP contribution in [0.1, 0.15) is 32.6 Å². The van der Waals surface area contributed by atoms with Gasteiger partial charge in [0.2, 0.25) is 0 Å². The molecule has 0 aliphatic carbocycles. The summed E-state index contributed by atoms with van der Waals surface area (Å²) in [4.78, 5) is 12.5. The third-order valence-corrected chi connectivity index (χ3v) is 4.35. The Hall–Kier alpha value is -3.29. The first kappa shape index (κ1) is 21.4. The van der Waals surface area contributed by atoms with E-state index in [4.69, 9.17) is 0 Å². The molecule has 0 aromatic heterocycles. The minimum atomic E-state index is -5.03. The first-order valence-electron chi connectivity index (χ1n) is 8.77. The lowest BCUT2D eigenvalue weighted by Gasteiger charge is -2.15. The van der Waals surface area contributed by atoms with Crippen LogP contribution in [0.15, 0.2) is 72.8 Å². The van der Waals surface area contributed by atoms with Crippen molar-refractivity contribution in [1.29, 1.82) is 0 Å². The van der Waals surface area contributed by atoms with Crippen molar-refractivity contribution in [2.45, 2.75) is 18.8 Å². The second-order valence-electron chi connectivity index (χ2n) is 6.57. The van der Waals surface area contributed by atoms with Gasteiger partial charge in [0.1, 0.15) is 0 Å². The first-order chi connectivity index (χ1) is 14.0. The highest BCUT2D eigenvalue weighted by atomic mass is 19.4. The molecule has 0 bridgehead atoms. The van der Waals surface area contributed by atoms with Crippen molar-refractivity contribution in [3.05, 3.63) is 101 Å². The van der Waals surface area contributed by atoms with E-state index in [1.165, 1.54) is 6.07 Å². The highest BCUT2D eigenvalue weighted by molar-refractivity contribution is 6.05. The lowest BCUT2D eigenvalue weighted by molar-refractivity contribution is -0.143. The van der Waals surface area contributed by atoms with E-state index in [0.717, 1.165) is 5.56 Å². The number of nitrogens with one attached hydrogen (secondary N) is 1. The Bertz CT molecular complexity index is 1010. The molecule has 8 heteroatoms. The molecule has 0 spiro atoms. The minimum Gasteiger partial charge on any atom is -0.322 e. The Morgan fingerprint density at radius 3 is 1.83 bits per heavy atom. The van der Waals surface area contributed by atoms with E-state index in [1.807, 2.05) is 30.3 Å². The molecule has 0 radical (unpaired) electrons. The summed E-state index contributed by atoms with van der Waals surface area (Å²) in [5.74, 6) is -1.06. The van der Waals surface area contributed by atoms with Gasteiger partial charge in [-0.25, -0.2) is 0 Å². The SMILES string of the molecule is O=C(Nc1ccccc1Cc1ccccc1)c1cc(C(F)(F)F)cc(C(F)(F)F)c1. The first-order valence-corrected chi connectivity index (χ1v) is 8.77. The molecule has 2 nitrogen and oxygen atoms in total. The summed E-state index contributed by atoms with van der Waals surface area (Å²) in [5.41, 5.74) is -1.92. The number of halogens is 6. The van der Waals surface area contributed by atoms with Gasteiger partial charge in [-0.1, -0.05) is 48.5 Å². The Morgan fingerprint density at radius 2 is 1.27 bits per heavy atom. The second-order valence-corrected chi connectivity index (χ2v) is 6.57. The smallest absolute Gasteiger partial charge is 0.322 e. The molecule has 156 valence electrons. The quantitative estimate of drug-likeness (QED) is 0.473. The molecular formula is C22H15F6NO. The van der Waals surface area contributed by atoms with Crippen LogP contribution in [0, 0.1) is 0 Å². The Kier molecular flexibility index (Phi) is 5.87. The summed E-state index contributed by atoms with van der Waals surface area (Å²) in [7, 11) is 0. The monoisotopic (exact) mass is 423 g/mol. The Balaban J connectivity index is 1.93. The molecule has 0 aliphatic heterocycles. The zero-order chi connectivity index (χ0) is 21.9. The molecule has 0 saturated heterocycles. The summed E-state index contributed by atoms with van der Waals surface area (Å²) < 4.78 is 78.2. The average Bonchev–Trinajstić information content (AvgIpc) is 2.68. The maximum absolute atomic E-state index is 13.0. The summed E-state index contributed by atoms with van der Waals surface area (Å²) in [6.07, 6.45) is -9.63. The van der Waals surface area contributed by atoms with Gasteiger partial charge in [-0.15, -0.1) is 0 Å². The zero-order valence-electron chi connectivity index (χ0n) is 15.3. The molecule has 1 N–H and O–H groups in total. The molecule has 30 heavy (non-hydrogen) atoms. The predicted octanol–water partition coefficient (Wildman–Crippen LogP) is 6.57. The van der Waals surface area contributed by atoms with Crippen LogP contribution in [0.3, 0.4) is 0 Å². The number of hydrogen-bond acceptors (Lipinski definition) is 1. The Morgan fingerprint density at radius 1 is 0.733 bits per heavy atom. The number of hydrogen-bond donors (Lipinski definition) is 1.